The Kier molecular flexibility index (Phi) is 7.19. The highest BCUT2D eigenvalue weighted by molar-refractivity contribution is 5.90. The van der Waals surface area contributed by atoms with Crippen molar-refractivity contribution in [3.05, 3.63) is 11.6 Å². The van der Waals surface area contributed by atoms with E-state index in [1.54, 1.807) is 0 Å². The number of alkyl halides is 17. The third-order valence-electron chi connectivity index (χ3n) is 6.10. The van der Waals surface area contributed by atoms with Crippen LogP contribution < -0.4 is 0 Å². The van der Waals surface area contributed by atoms with E-state index >= 15 is 0 Å². The summed E-state index contributed by atoms with van der Waals surface area (Å²) in [6.45, 7) is -0.293. The molecule has 0 saturated heterocycles. The first-order valence-electron chi connectivity index (χ1n) is 9.77. The van der Waals surface area contributed by atoms with Gasteiger partial charge in [-0.2, -0.15) is 74.6 Å². The van der Waals surface area contributed by atoms with Gasteiger partial charge in [-0.15, -0.1) is 0 Å². The van der Waals surface area contributed by atoms with Crippen molar-refractivity contribution in [1.82, 2.24) is 0 Å². The molecule has 0 aromatic heterocycles. The SMILES string of the molecule is CC(OC(=O)C1=CC2CCC1C2)C(F)(F)C(F)(F)C(F)(F)C(F)(F)C(F)(F)C(F)(F)C(F)(F)C(F)(F)F. The lowest BCUT2D eigenvalue weighted by Crippen LogP contribution is -2.75. The minimum absolute atomic E-state index is 0.258. The van der Waals surface area contributed by atoms with Gasteiger partial charge in [-0.05, 0) is 38.0 Å². The van der Waals surface area contributed by atoms with Crippen LogP contribution in [0.1, 0.15) is 26.2 Å². The number of hydrogen-bond acceptors (Lipinski definition) is 2. The largest absolute Gasteiger partial charge is 0.460 e. The molecule has 0 aromatic rings. The summed E-state index contributed by atoms with van der Waals surface area (Å²) in [4.78, 5) is 11.9. The molecule has 0 spiro atoms. The fourth-order valence-corrected chi connectivity index (χ4v) is 3.81. The molecule has 0 amide bonds. The van der Waals surface area contributed by atoms with E-state index in [-0.39, 0.29) is 18.4 Å². The standard InChI is InChI=1S/C18H13F17O2/c1-6(37-10(36)9-5-7-2-3-8(9)4-7)11(19,20)12(21,22)13(23,24)14(25,26)15(27,28)16(29,30)17(31,32)18(33,34)35/h5-8H,2-4H2,1H3. The minimum Gasteiger partial charge on any atom is -0.453 e. The van der Waals surface area contributed by atoms with Gasteiger partial charge in [0.05, 0.1) is 0 Å². The Balaban J connectivity index is 2.44. The molecule has 2 aliphatic rings. The third kappa shape index (κ3) is 4.12. The van der Waals surface area contributed by atoms with Gasteiger partial charge in [0.15, 0.2) is 6.10 Å². The van der Waals surface area contributed by atoms with Crippen molar-refractivity contribution < 1.29 is 84.2 Å². The van der Waals surface area contributed by atoms with Crippen LogP contribution in [0.3, 0.4) is 0 Å². The normalized spacial score (nSPS) is 23.2. The Morgan fingerprint density at radius 3 is 1.46 bits per heavy atom. The first-order valence-corrected chi connectivity index (χ1v) is 9.77. The Hall–Kier alpha value is -1.98. The number of allylic oxidation sites excluding steroid dienone is 1. The van der Waals surface area contributed by atoms with Crippen molar-refractivity contribution >= 4 is 5.97 Å². The summed E-state index contributed by atoms with van der Waals surface area (Å²) in [6.07, 6.45) is -9.38. The van der Waals surface area contributed by atoms with Crippen LogP contribution in [0.5, 0.6) is 0 Å². The second-order valence-electron chi connectivity index (χ2n) is 8.51. The summed E-state index contributed by atoms with van der Waals surface area (Å²) in [5, 5.41) is 0. The molecule has 1 saturated carbocycles. The van der Waals surface area contributed by atoms with Gasteiger partial charge < -0.3 is 4.74 Å². The number of halogens is 17. The molecular formula is C18H13F17O2. The van der Waals surface area contributed by atoms with E-state index in [0.717, 1.165) is 6.08 Å². The van der Waals surface area contributed by atoms with Crippen molar-refractivity contribution in [2.75, 3.05) is 0 Å². The highest BCUT2D eigenvalue weighted by atomic mass is 19.4. The number of carbonyl (C=O) groups is 1. The fourth-order valence-electron chi connectivity index (χ4n) is 3.81. The molecule has 0 aromatic carbocycles. The number of esters is 1. The number of rotatable bonds is 9. The van der Waals surface area contributed by atoms with Crippen molar-refractivity contribution in [3.63, 3.8) is 0 Å². The average molecular weight is 584 g/mol. The van der Waals surface area contributed by atoms with Gasteiger partial charge in [-0.3, -0.25) is 0 Å². The monoisotopic (exact) mass is 584 g/mol. The summed E-state index contributed by atoms with van der Waals surface area (Å²) in [7, 11) is 0. The zero-order chi connectivity index (χ0) is 29.4. The van der Waals surface area contributed by atoms with Gasteiger partial charge in [0.25, 0.3) is 0 Å². The number of fused-ring (bicyclic) bond motifs is 2. The van der Waals surface area contributed by atoms with Gasteiger partial charge in [0, 0.05) is 5.57 Å². The van der Waals surface area contributed by atoms with Crippen LogP contribution in [0, 0.1) is 11.8 Å². The molecule has 0 aliphatic heterocycles. The predicted octanol–water partition coefficient (Wildman–Crippen LogP) is 7.28. The van der Waals surface area contributed by atoms with Crippen molar-refractivity contribution in [2.24, 2.45) is 11.8 Å². The van der Waals surface area contributed by atoms with E-state index < -0.39 is 65.6 Å². The molecule has 0 radical (unpaired) electrons. The molecular weight excluding hydrogens is 571 g/mol. The maximum absolute atomic E-state index is 14.1. The van der Waals surface area contributed by atoms with Gasteiger partial charge in [0.2, 0.25) is 0 Å². The van der Waals surface area contributed by atoms with Crippen molar-refractivity contribution in [2.45, 2.75) is 79.9 Å². The maximum atomic E-state index is 14.1. The Bertz CT molecular complexity index is 933. The molecule has 37 heavy (non-hydrogen) atoms. The van der Waals surface area contributed by atoms with Crippen LogP contribution in [0.25, 0.3) is 0 Å². The molecule has 2 aliphatic carbocycles. The lowest BCUT2D eigenvalue weighted by atomic mass is 9.88. The molecule has 2 bridgehead atoms. The second kappa shape index (κ2) is 8.51. The average Bonchev–Trinajstić information content (AvgIpc) is 3.35. The Labute approximate surface area is 194 Å². The van der Waals surface area contributed by atoms with Gasteiger partial charge in [0.1, 0.15) is 0 Å². The van der Waals surface area contributed by atoms with E-state index in [1.165, 1.54) is 0 Å². The number of carbonyl (C=O) groups excluding carboxylic acids is 1. The molecule has 1 fully saturated rings. The van der Waals surface area contributed by atoms with Crippen LogP contribution in [0.2, 0.25) is 0 Å². The van der Waals surface area contributed by atoms with Gasteiger partial charge in [-0.25, -0.2) is 4.79 Å². The smallest absolute Gasteiger partial charge is 0.453 e. The topological polar surface area (TPSA) is 26.3 Å². The van der Waals surface area contributed by atoms with Gasteiger partial charge >= 0.3 is 53.6 Å². The summed E-state index contributed by atoms with van der Waals surface area (Å²) in [5.41, 5.74) is -0.375. The first-order chi connectivity index (χ1) is 16.1. The zero-order valence-corrected chi connectivity index (χ0v) is 17.7. The highest BCUT2D eigenvalue weighted by Gasteiger charge is 2.95. The van der Waals surface area contributed by atoms with Gasteiger partial charge in [-0.1, -0.05) is 6.08 Å². The van der Waals surface area contributed by atoms with Crippen molar-refractivity contribution in [1.29, 1.82) is 0 Å². The fraction of sp³-hybridized carbons (Fsp3) is 0.833. The molecule has 0 heterocycles. The molecule has 2 rings (SSSR count). The summed E-state index contributed by atoms with van der Waals surface area (Å²) < 4.78 is 230. The Morgan fingerprint density at radius 1 is 0.703 bits per heavy atom. The van der Waals surface area contributed by atoms with Crippen LogP contribution in [-0.2, 0) is 9.53 Å². The Morgan fingerprint density at radius 2 is 1.11 bits per heavy atom. The van der Waals surface area contributed by atoms with E-state index in [2.05, 4.69) is 4.74 Å². The van der Waals surface area contributed by atoms with E-state index in [4.69, 9.17) is 0 Å². The van der Waals surface area contributed by atoms with Crippen molar-refractivity contribution in [3.8, 4) is 0 Å². The lowest BCUT2D eigenvalue weighted by Gasteiger charge is -2.43. The molecule has 216 valence electrons. The predicted molar refractivity (Wildman–Crippen MR) is 85.2 cm³/mol. The van der Waals surface area contributed by atoms with E-state index in [1.807, 2.05) is 0 Å². The number of ether oxygens (including phenoxy) is 1. The van der Waals surface area contributed by atoms with Crippen LogP contribution in [0.4, 0.5) is 74.6 Å². The summed E-state index contributed by atoms with van der Waals surface area (Å²) in [5.74, 6) is -59.9. The summed E-state index contributed by atoms with van der Waals surface area (Å²) >= 11 is 0. The first kappa shape index (κ1) is 31.2. The van der Waals surface area contributed by atoms with Crippen LogP contribution >= 0.6 is 0 Å². The zero-order valence-electron chi connectivity index (χ0n) is 17.7. The summed E-state index contributed by atoms with van der Waals surface area (Å²) in [6, 6.07) is 0. The number of hydrogen-bond donors (Lipinski definition) is 0. The van der Waals surface area contributed by atoms with E-state index in [9.17, 15) is 79.4 Å². The van der Waals surface area contributed by atoms with Crippen LogP contribution in [-0.4, -0.2) is 59.7 Å². The van der Waals surface area contributed by atoms with Crippen LogP contribution in [0.15, 0.2) is 11.6 Å². The highest BCUT2D eigenvalue weighted by Crippen LogP contribution is 2.64. The minimum atomic E-state index is -8.70. The quantitative estimate of drug-likeness (QED) is 0.210. The molecule has 19 heteroatoms. The molecule has 2 nitrogen and oxygen atoms in total. The second-order valence-corrected chi connectivity index (χ2v) is 8.51. The molecule has 3 unspecified atom stereocenters. The molecule has 3 atom stereocenters. The third-order valence-corrected chi connectivity index (χ3v) is 6.10. The molecule has 0 N–H and O–H groups in total. The van der Waals surface area contributed by atoms with E-state index in [0.29, 0.717) is 19.3 Å². The lowest BCUT2D eigenvalue weighted by molar-refractivity contribution is -0.463. The maximum Gasteiger partial charge on any atom is 0.460 e.